The number of likely N-dealkylation sites (tertiary alicyclic amines) is 1. The largest absolute Gasteiger partial charge is 0.454 e. The Kier molecular flexibility index (Phi) is 4.93. The average molecular weight is 464 g/mol. The van der Waals surface area contributed by atoms with E-state index in [1.807, 2.05) is 11.0 Å². The highest BCUT2D eigenvalue weighted by Crippen LogP contribution is 2.59. The molecule has 2 aliphatic heterocycles. The molecule has 3 aliphatic rings. The van der Waals surface area contributed by atoms with Gasteiger partial charge in [0.05, 0.1) is 11.0 Å². The van der Waals surface area contributed by atoms with Crippen molar-refractivity contribution in [2.24, 2.45) is 11.3 Å². The maximum atomic E-state index is 13.4. The number of fused-ring (bicyclic) bond motifs is 2. The molecule has 1 saturated heterocycles. The highest BCUT2D eigenvalue weighted by molar-refractivity contribution is 5.95. The van der Waals surface area contributed by atoms with Crippen LogP contribution in [0.4, 0.5) is 10.1 Å². The van der Waals surface area contributed by atoms with Gasteiger partial charge in [0, 0.05) is 43.6 Å². The van der Waals surface area contributed by atoms with E-state index < -0.39 is 0 Å². The van der Waals surface area contributed by atoms with E-state index in [2.05, 4.69) is 15.3 Å². The molecule has 3 heterocycles. The predicted molar refractivity (Wildman–Crippen MR) is 122 cm³/mol. The van der Waals surface area contributed by atoms with Crippen molar-refractivity contribution in [1.29, 1.82) is 0 Å². The number of aromatic nitrogens is 2. The number of piperidine rings is 1. The molecule has 3 aromatic rings. The van der Waals surface area contributed by atoms with Crippen molar-refractivity contribution >= 4 is 28.5 Å². The Hall–Kier alpha value is -3.62. The molecule has 2 amide bonds. The standard InChI is InChI=1S/C25H25FN4O4/c26-15-1-3-18-19(11-15)29-22(28-18)5-6-23(31)30-9-7-25(8-10-30)13-17(25)24(32)27-16-2-4-20-21(12-16)34-14-33-20/h1-4,11-12,17H,5-10,13-14H2,(H,27,32)(H,28,29). The van der Waals surface area contributed by atoms with Crippen molar-refractivity contribution < 1.29 is 23.5 Å². The number of H-pyrrole nitrogens is 1. The molecule has 0 bridgehead atoms. The molecule has 176 valence electrons. The van der Waals surface area contributed by atoms with Crippen LogP contribution in [0.3, 0.4) is 0 Å². The summed E-state index contributed by atoms with van der Waals surface area (Å²) in [5.74, 6) is 1.79. The van der Waals surface area contributed by atoms with Crippen LogP contribution in [0, 0.1) is 17.2 Å². The third-order valence-corrected chi connectivity index (χ3v) is 7.33. The first kappa shape index (κ1) is 20.9. The number of nitrogens with zero attached hydrogens (tertiary/aromatic N) is 2. The lowest BCUT2D eigenvalue weighted by Crippen LogP contribution is -2.40. The predicted octanol–water partition coefficient (Wildman–Crippen LogP) is 3.63. The van der Waals surface area contributed by atoms with E-state index in [4.69, 9.17) is 9.47 Å². The van der Waals surface area contributed by atoms with Crippen molar-refractivity contribution in [2.45, 2.75) is 32.1 Å². The van der Waals surface area contributed by atoms with E-state index in [-0.39, 0.29) is 35.8 Å². The monoisotopic (exact) mass is 464 g/mol. The van der Waals surface area contributed by atoms with Gasteiger partial charge in [-0.2, -0.15) is 0 Å². The number of aromatic amines is 1. The third-order valence-electron chi connectivity index (χ3n) is 7.33. The summed E-state index contributed by atoms with van der Waals surface area (Å²) in [4.78, 5) is 35.0. The number of aryl methyl sites for hydroxylation is 1. The van der Waals surface area contributed by atoms with Crippen molar-refractivity contribution in [3.05, 3.63) is 48.0 Å². The second-order valence-electron chi connectivity index (χ2n) is 9.40. The summed E-state index contributed by atoms with van der Waals surface area (Å²) in [6, 6.07) is 9.82. The number of rotatable bonds is 5. The summed E-state index contributed by atoms with van der Waals surface area (Å²) in [6.45, 7) is 1.53. The smallest absolute Gasteiger partial charge is 0.231 e. The number of carbonyl (C=O) groups excluding carboxylic acids is 2. The van der Waals surface area contributed by atoms with Gasteiger partial charge < -0.3 is 24.7 Å². The molecule has 2 aromatic carbocycles. The first-order valence-corrected chi connectivity index (χ1v) is 11.6. The van der Waals surface area contributed by atoms with Gasteiger partial charge in [-0.15, -0.1) is 0 Å². The summed E-state index contributed by atoms with van der Waals surface area (Å²) in [6.07, 6.45) is 3.37. The summed E-state index contributed by atoms with van der Waals surface area (Å²) in [5, 5.41) is 3.00. The number of halogens is 1. The van der Waals surface area contributed by atoms with E-state index in [9.17, 15) is 14.0 Å². The molecule has 1 aliphatic carbocycles. The van der Waals surface area contributed by atoms with Crippen molar-refractivity contribution in [2.75, 3.05) is 25.2 Å². The maximum absolute atomic E-state index is 13.4. The number of imidazole rings is 1. The molecule has 0 radical (unpaired) electrons. The second-order valence-corrected chi connectivity index (χ2v) is 9.40. The SMILES string of the molecule is O=C(Nc1ccc2c(c1)OCO2)C1CC12CCN(C(=O)CCc1nc3ccc(F)cc3[nH]1)CC2. The number of anilines is 1. The fraction of sp³-hybridized carbons (Fsp3) is 0.400. The zero-order chi connectivity index (χ0) is 23.3. The Morgan fingerprint density at radius 2 is 1.97 bits per heavy atom. The van der Waals surface area contributed by atoms with Crippen molar-refractivity contribution in [3.8, 4) is 11.5 Å². The van der Waals surface area contributed by atoms with E-state index in [0.717, 1.165) is 19.3 Å². The number of carbonyl (C=O) groups is 2. The normalized spacial score (nSPS) is 20.0. The fourth-order valence-corrected chi connectivity index (χ4v) is 5.21. The summed E-state index contributed by atoms with van der Waals surface area (Å²) in [7, 11) is 0. The Bertz CT molecular complexity index is 1280. The highest BCUT2D eigenvalue weighted by atomic mass is 19.1. The first-order valence-electron chi connectivity index (χ1n) is 11.6. The molecule has 1 aromatic heterocycles. The molecule has 1 atom stereocenters. The van der Waals surface area contributed by atoms with Gasteiger partial charge in [0.2, 0.25) is 18.6 Å². The van der Waals surface area contributed by atoms with Crippen LogP contribution in [0.15, 0.2) is 36.4 Å². The van der Waals surface area contributed by atoms with E-state index in [1.165, 1.54) is 12.1 Å². The molecule has 1 unspecified atom stereocenters. The van der Waals surface area contributed by atoms with E-state index in [0.29, 0.717) is 60.0 Å². The Morgan fingerprint density at radius 1 is 1.15 bits per heavy atom. The van der Waals surface area contributed by atoms with Crippen LogP contribution >= 0.6 is 0 Å². The Balaban J connectivity index is 0.995. The fourth-order valence-electron chi connectivity index (χ4n) is 5.21. The van der Waals surface area contributed by atoms with Gasteiger partial charge in [-0.1, -0.05) is 0 Å². The lowest BCUT2D eigenvalue weighted by molar-refractivity contribution is -0.132. The number of amides is 2. The average Bonchev–Trinajstić information content (AvgIpc) is 3.16. The molecule has 8 nitrogen and oxygen atoms in total. The zero-order valence-electron chi connectivity index (χ0n) is 18.6. The van der Waals surface area contributed by atoms with Gasteiger partial charge in [0.1, 0.15) is 11.6 Å². The molecule has 1 spiro atoms. The molecule has 2 N–H and O–H groups in total. The van der Waals surface area contributed by atoms with Gasteiger partial charge >= 0.3 is 0 Å². The van der Waals surface area contributed by atoms with Gasteiger partial charge in [0.25, 0.3) is 0 Å². The Labute approximate surface area is 195 Å². The van der Waals surface area contributed by atoms with Crippen LogP contribution in [0.25, 0.3) is 11.0 Å². The minimum absolute atomic E-state index is 0.0000106. The maximum Gasteiger partial charge on any atom is 0.231 e. The number of hydrogen-bond donors (Lipinski definition) is 2. The minimum Gasteiger partial charge on any atom is -0.454 e. The van der Waals surface area contributed by atoms with Crippen LogP contribution in [0.5, 0.6) is 11.5 Å². The van der Waals surface area contributed by atoms with Crippen molar-refractivity contribution in [3.63, 3.8) is 0 Å². The molecule has 1 saturated carbocycles. The van der Waals surface area contributed by atoms with E-state index >= 15 is 0 Å². The number of ether oxygens (including phenoxy) is 2. The lowest BCUT2D eigenvalue weighted by atomic mass is 9.90. The van der Waals surface area contributed by atoms with Crippen molar-refractivity contribution in [1.82, 2.24) is 14.9 Å². The molecule has 6 rings (SSSR count). The van der Waals surface area contributed by atoms with Crippen LogP contribution in [-0.4, -0.2) is 46.6 Å². The number of nitrogens with one attached hydrogen (secondary N) is 2. The van der Waals surface area contributed by atoms with Gasteiger partial charge in [0.15, 0.2) is 11.5 Å². The topological polar surface area (TPSA) is 96.6 Å². The second kappa shape index (κ2) is 8.00. The number of hydrogen-bond acceptors (Lipinski definition) is 5. The summed E-state index contributed by atoms with van der Waals surface area (Å²) >= 11 is 0. The molecular weight excluding hydrogens is 439 g/mol. The zero-order valence-corrected chi connectivity index (χ0v) is 18.6. The quantitative estimate of drug-likeness (QED) is 0.601. The van der Waals surface area contributed by atoms with Gasteiger partial charge in [-0.05, 0) is 55.0 Å². The minimum atomic E-state index is -0.316. The molecule has 34 heavy (non-hydrogen) atoms. The Morgan fingerprint density at radius 3 is 2.82 bits per heavy atom. The third kappa shape index (κ3) is 3.85. The molecule has 2 fully saturated rings. The van der Waals surface area contributed by atoms with Crippen LogP contribution in [-0.2, 0) is 16.0 Å². The summed E-state index contributed by atoms with van der Waals surface area (Å²) in [5.41, 5.74) is 2.04. The molecule has 9 heteroatoms. The molecular formula is C25H25FN4O4. The van der Waals surface area contributed by atoms with Gasteiger partial charge in [-0.3, -0.25) is 9.59 Å². The first-order chi connectivity index (χ1) is 16.5. The van der Waals surface area contributed by atoms with E-state index in [1.54, 1.807) is 18.2 Å². The van der Waals surface area contributed by atoms with Gasteiger partial charge in [-0.25, -0.2) is 9.37 Å². The lowest BCUT2D eigenvalue weighted by Gasteiger charge is -2.33. The highest BCUT2D eigenvalue weighted by Gasteiger charge is 2.58. The van der Waals surface area contributed by atoms with Crippen LogP contribution in [0.2, 0.25) is 0 Å². The van der Waals surface area contributed by atoms with Crippen LogP contribution in [0.1, 0.15) is 31.5 Å². The van der Waals surface area contributed by atoms with Crippen LogP contribution < -0.4 is 14.8 Å². The number of benzene rings is 2. The summed E-state index contributed by atoms with van der Waals surface area (Å²) < 4.78 is 24.1.